The fraction of sp³-hybridized carbons (Fsp3) is 0.385. The molecule has 0 spiro atoms. The van der Waals surface area contributed by atoms with Crippen molar-refractivity contribution < 1.29 is 9.47 Å². The van der Waals surface area contributed by atoms with Crippen molar-refractivity contribution in [3.63, 3.8) is 0 Å². The van der Waals surface area contributed by atoms with E-state index >= 15 is 0 Å². The van der Waals surface area contributed by atoms with Gasteiger partial charge in [0.2, 0.25) is 5.96 Å². The molecule has 0 radical (unpaired) electrons. The molecule has 6 nitrogen and oxygen atoms in total. The molecule has 19 heavy (non-hydrogen) atoms. The molecule has 1 rings (SSSR count). The van der Waals surface area contributed by atoms with Crippen LogP contribution in [0.3, 0.4) is 0 Å². The molecule has 0 aliphatic heterocycles. The third-order valence-electron chi connectivity index (χ3n) is 2.47. The van der Waals surface area contributed by atoms with E-state index in [1.807, 2.05) is 25.1 Å². The number of benzene rings is 1. The van der Waals surface area contributed by atoms with Crippen molar-refractivity contribution in [1.29, 1.82) is 0 Å². The summed E-state index contributed by atoms with van der Waals surface area (Å²) in [6, 6.07) is 5.50. The normalized spacial score (nSPS) is 12.2. The van der Waals surface area contributed by atoms with E-state index in [-0.39, 0.29) is 12.1 Å². The third-order valence-corrected chi connectivity index (χ3v) is 2.47. The van der Waals surface area contributed by atoms with Crippen molar-refractivity contribution in [2.75, 3.05) is 7.11 Å². The molecule has 0 saturated heterocycles. The van der Waals surface area contributed by atoms with Crippen LogP contribution in [0.25, 0.3) is 0 Å². The molecule has 1 aromatic rings. The van der Waals surface area contributed by atoms with Crippen LogP contribution in [0.15, 0.2) is 28.4 Å². The minimum absolute atomic E-state index is 0.0834. The molecular weight excluding hydrogens is 244 g/mol. The summed E-state index contributed by atoms with van der Waals surface area (Å²) in [5.41, 5.74) is 11.2. The maximum Gasteiger partial charge on any atom is 0.211 e. The summed E-state index contributed by atoms with van der Waals surface area (Å²) in [6.45, 7) is 4.07. The second-order valence-electron chi connectivity index (χ2n) is 4.02. The number of hydrogen-bond acceptors (Lipinski definition) is 4. The first-order chi connectivity index (χ1) is 9.06. The molecule has 0 amide bonds. The van der Waals surface area contributed by atoms with E-state index in [4.69, 9.17) is 20.9 Å². The predicted molar refractivity (Wildman–Crippen MR) is 76.8 cm³/mol. The maximum atomic E-state index is 5.75. The number of guanidine groups is 1. The van der Waals surface area contributed by atoms with Crippen molar-refractivity contribution in [3.8, 4) is 11.5 Å². The second kappa shape index (κ2) is 7.25. The van der Waals surface area contributed by atoms with Crippen molar-refractivity contribution >= 4 is 12.2 Å². The Hall–Kier alpha value is -2.24. The fourth-order valence-corrected chi connectivity index (χ4v) is 1.32. The molecule has 0 aliphatic carbocycles. The van der Waals surface area contributed by atoms with Crippen LogP contribution in [0.1, 0.15) is 25.8 Å². The van der Waals surface area contributed by atoms with Crippen LogP contribution in [0.2, 0.25) is 0 Å². The van der Waals surface area contributed by atoms with E-state index in [1.165, 1.54) is 6.21 Å². The van der Waals surface area contributed by atoms with Crippen LogP contribution >= 0.6 is 0 Å². The zero-order chi connectivity index (χ0) is 14.3. The molecule has 0 heterocycles. The first-order valence-corrected chi connectivity index (χ1v) is 6.03. The minimum Gasteiger partial charge on any atom is -0.493 e. The molecule has 0 aromatic heterocycles. The van der Waals surface area contributed by atoms with E-state index in [9.17, 15) is 0 Å². The van der Waals surface area contributed by atoms with Crippen LogP contribution in [-0.2, 0) is 0 Å². The predicted octanol–water partition coefficient (Wildman–Crippen LogP) is 1.48. The summed E-state index contributed by atoms with van der Waals surface area (Å²) >= 11 is 0. The van der Waals surface area contributed by atoms with Crippen molar-refractivity contribution in [2.45, 2.75) is 26.4 Å². The van der Waals surface area contributed by atoms with Crippen LogP contribution in [0.5, 0.6) is 11.5 Å². The number of ether oxygens (including phenoxy) is 2. The molecule has 6 heteroatoms. The van der Waals surface area contributed by atoms with E-state index in [0.717, 1.165) is 12.0 Å². The van der Waals surface area contributed by atoms with E-state index in [1.54, 1.807) is 7.11 Å². The topological polar surface area (TPSA) is 95.2 Å². The summed E-state index contributed by atoms with van der Waals surface area (Å²) in [6.07, 6.45) is 2.60. The number of hydrogen-bond donors (Lipinski definition) is 2. The molecule has 1 atom stereocenters. The Morgan fingerprint density at radius 3 is 2.68 bits per heavy atom. The summed E-state index contributed by atoms with van der Waals surface area (Å²) in [5, 5.41) is 7.27. The van der Waals surface area contributed by atoms with Gasteiger partial charge in [0.25, 0.3) is 0 Å². The van der Waals surface area contributed by atoms with Gasteiger partial charge in [-0.1, -0.05) is 6.92 Å². The van der Waals surface area contributed by atoms with Gasteiger partial charge in [-0.2, -0.15) is 5.10 Å². The van der Waals surface area contributed by atoms with Gasteiger partial charge in [-0.3, -0.25) is 0 Å². The highest BCUT2D eigenvalue weighted by Crippen LogP contribution is 2.28. The summed E-state index contributed by atoms with van der Waals surface area (Å²) < 4.78 is 11.0. The lowest BCUT2D eigenvalue weighted by Gasteiger charge is -2.15. The van der Waals surface area contributed by atoms with Crippen LogP contribution in [-0.4, -0.2) is 25.4 Å². The van der Waals surface area contributed by atoms with Gasteiger partial charge in [0.1, 0.15) is 0 Å². The van der Waals surface area contributed by atoms with E-state index in [0.29, 0.717) is 11.5 Å². The molecule has 0 bridgehead atoms. The zero-order valence-electron chi connectivity index (χ0n) is 11.5. The zero-order valence-corrected chi connectivity index (χ0v) is 11.5. The van der Waals surface area contributed by atoms with E-state index < -0.39 is 0 Å². The highest BCUT2D eigenvalue weighted by atomic mass is 16.5. The smallest absolute Gasteiger partial charge is 0.211 e. The Labute approximate surface area is 113 Å². The maximum absolute atomic E-state index is 5.75. The lowest BCUT2D eigenvalue weighted by molar-refractivity contribution is 0.207. The number of methoxy groups -OCH3 is 1. The number of nitrogens with zero attached hydrogens (tertiary/aromatic N) is 2. The first-order valence-electron chi connectivity index (χ1n) is 6.03. The van der Waals surface area contributed by atoms with Gasteiger partial charge in [0.05, 0.1) is 19.4 Å². The van der Waals surface area contributed by atoms with Gasteiger partial charge in [-0.05, 0) is 37.1 Å². The molecule has 0 fully saturated rings. The quantitative estimate of drug-likeness (QED) is 0.462. The van der Waals surface area contributed by atoms with Gasteiger partial charge in [0, 0.05) is 0 Å². The number of rotatable bonds is 6. The van der Waals surface area contributed by atoms with Crippen LogP contribution in [0.4, 0.5) is 0 Å². The Bertz CT molecular complexity index is 468. The second-order valence-corrected chi connectivity index (χ2v) is 4.02. The summed E-state index contributed by atoms with van der Waals surface area (Å²) in [4.78, 5) is 0. The Morgan fingerprint density at radius 1 is 1.37 bits per heavy atom. The van der Waals surface area contributed by atoms with Crippen LogP contribution in [0, 0.1) is 0 Å². The van der Waals surface area contributed by atoms with Gasteiger partial charge in [0.15, 0.2) is 11.5 Å². The molecule has 4 N–H and O–H groups in total. The average molecular weight is 264 g/mol. The third kappa shape index (κ3) is 4.87. The lowest BCUT2D eigenvalue weighted by Crippen LogP contribution is -2.21. The molecule has 0 aliphatic rings. The molecule has 0 saturated carbocycles. The Balaban J connectivity index is 2.89. The van der Waals surface area contributed by atoms with Crippen molar-refractivity contribution in [3.05, 3.63) is 23.8 Å². The SMILES string of the molecule is CCC(C)Oc1ccc(C=NN=C(N)N)cc1OC. The van der Waals surface area contributed by atoms with Crippen molar-refractivity contribution in [2.24, 2.45) is 21.7 Å². The molecular formula is C13H20N4O2. The Morgan fingerprint density at radius 2 is 2.11 bits per heavy atom. The lowest BCUT2D eigenvalue weighted by atomic mass is 10.2. The molecule has 104 valence electrons. The fourth-order valence-electron chi connectivity index (χ4n) is 1.32. The standard InChI is InChI=1S/C13H20N4O2/c1-4-9(2)19-11-6-5-10(7-12(11)18-3)8-16-17-13(14)15/h5-9H,4H2,1-3H3,(H4,14,15,17). The van der Waals surface area contributed by atoms with Gasteiger partial charge in [-0.15, -0.1) is 5.10 Å². The summed E-state index contributed by atoms with van der Waals surface area (Å²) in [5.74, 6) is 1.27. The van der Waals surface area contributed by atoms with E-state index in [2.05, 4.69) is 17.1 Å². The van der Waals surface area contributed by atoms with Gasteiger partial charge >= 0.3 is 0 Å². The number of nitrogens with two attached hydrogens (primary N) is 2. The van der Waals surface area contributed by atoms with Gasteiger partial charge in [-0.25, -0.2) is 0 Å². The monoisotopic (exact) mass is 264 g/mol. The highest BCUT2D eigenvalue weighted by molar-refractivity contribution is 5.82. The summed E-state index contributed by atoms with van der Waals surface area (Å²) in [7, 11) is 1.59. The Kier molecular flexibility index (Phi) is 5.66. The largest absolute Gasteiger partial charge is 0.493 e. The highest BCUT2D eigenvalue weighted by Gasteiger charge is 2.08. The van der Waals surface area contributed by atoms with Gasteiger partial charge < -0.3 is 20.9 Å². The molecule has 1 aromatic carbocycles. The minimum atomic E-state index is -0.0834. The van der Waals surface area contributed by atoms with Crippen molar-refractivity contribution in [1.82, 2.24) is 0 Å². The first kappa shape index (κ1) is 14.8. The molecule has 1 unspecified atom stereocenters. The van der Waals surface area contributed by atoms with Crippen LogP contribution < -0.4 is 20.9 Å². The average Bonchev–Trinajstić information content (AvgIpc) is 2.39.